The third-order valence-corrected chi connectivity index (χ3v) is 4.02. The van der Waals surface area contributed by atoms with Crippen LogP contribution in [0.5, 0.6) is 11.5 Å². The van der Waals surface area contributed by atoms with E-state index < -0.39 is 0 Å². The van der Waals surface area contributed by atoms with Crippen LogP contribution in [0.25, 0.3) is 0 Å². The van der Waals surface area contributed by atoms with E-state index in [4.69, 9.17) is 37.4 Å². The highest BCUT2D eigenvalue weighted by atomic mass is 35.5. The van der Waals surface area contributed by atoms with Gasteiger partial charge in [-0.25, -0.2) is 0 Å². The Hall–Kier alpha value is -0.640. The lowest BCUT2D eigenvalue weighted by molar-refractivity contribution is 0.0950. The van der Waals surface area contributed by atoms with E-state index >= 15 is 0 Å². The Morgan fingerprint density at radius 3 is 2.72 bits per heavy atom. The minimum Gasteiger partial charge on any atom is -0.493 e. The Kier molecular flexibility index (Phi) is 4.60. The molecule has 0 saturated carbocycles. The number of ether oxygens (including phenoxy) is 3. The average Bonchev–Trinajstić information content (AvgIpc) is 2.86. The van der Waals surface area contributed by atoms with Crippen LogP contribution in [0.4, 0.5) is 0 Å². The van der Waals surface area contributed by atoms with E-state index in [0.29, 0.717) is 34.9 Å². The molecule has 0 aliphatic carbocycles. The molecule has 0 bridgehead atoms. The molecule has 1 aromatic carbocycles. The molecule has 1 fully saturated rings. The molecule has 2 atom stereocenters. The van der Waals surface area contributed by atoms with Gasteiger partial charge >= 0.3 is 0 Å². The first-order valence-electron chi connectivity index (χ1n) is 5.80. The van der Waals surface area contributed by atoms with E-state index in [2.05, 4.69) is 0 Å². The highest BCUT2D eigenvalue weighted by molar-refractivity contribution is 6.33. The summed E-state index contributed by atoms with van der Waals surface area (Å²) in [5.74, 6) is 2.02. The lowest BCUT2D eigenvalue weighted by atomic mass is 9.96. The van der Waals surface area contributed by atoms with E-state index in [-0.39, 0.29) is 6.10 Å². The van der Waals surface area contributed by atoms with Gasteiger partial charge in [0.15, 0.2) is 11.5 Å². The van der Waals surface area contributed by atoms with E-state index in [1.807, 2.05) is 12.1 Å². The van der Waals surface area contributed by atoms with Crippen molar-refractivity contribution in [2.24, 2.45) is 5.92 Å². The molecule has 18 heavy (non-hydrogen) atoms. The number of benzene rings is 1. The number of alkyl halides is 1. The Bertz CT molecular complexity index is 423. The normalized spacial score (nSPS) is 23.1. The van der Waals surface area contributed by atoms with Gasteiger partial charge < -0.3 is 14.2 Å². The molecule has 2 rings (SSSR count). The quantitative estimate of drug-likeness (QED) is 0.792. The van der Waals surface area contributed by atoms with Crippen molar-refractivity contribution in [2.45, 2.75) is 12.5 Å². The fourth-order valence-electron chi connectivity index (χ4n) is 2.26. The Morgan fingerprint density at radius 2 is 2.11 bits per heavy atom. The van der Waals surface area contributed by atoms with Gasteiger partial charge in [0.05, 0.1) is 25.3 Å². The first kappa shape index (κ1) is 13.8. The van der Waals surface area contributed by atoms with Gasteiger partial charge in [-0.1, -0.05) is 17.7 Å². The molecule has 5 heteroatoms. The maximum atomic E-state index is 6.37. The van der Waals surface area contributed by atoms with Crippen LogP contribution in [0.3, 0.4) is 0 Å². The lowest BCUT2D eigenvalue weighted by Crippen LogP contribution is -2.10. The van der Waals surface area contributed by atoms with Crippen LogP contribution in [-0.2, 0) is 4.74 Å². The van der Waals surface area contributed by atoms with Gasteiger partial charge in [0, 0.05) is 24.0 Å². The van der Waals surface area contributed by atoms with Crippen LogP contribution < -0.4 is 9.47 Å². The predicted molar refractivity (Wildman–Crippen MR) is 72.1 cm³/mol. The molecular formula is C13H16Cl2O3. The van der Waals surface area contributed by atoms with E-state index in [9.17, 15) is 0 Å². The summed E-state index contributed by atoms with van der Waals surface area (Å²) in [6.07, 6.45) is 0.897. The number of halogens is 2. The number of methoxy groups -OCH3 is 2. The van der Waals surface area contributed by atoms with Gasteiger partial charge in [0.2, 0.25) is 0 Å². The van der Waals surface area contributed by atoms with Crippen LogP contribution in [0.15, 0.2) is 12.1 Å². The average molecular weight is 291 g/mol. The third-order valence-electron chi connectivity index (χ3n) is 3.23. The SMILES string of the molecule is COc1ccc(C2OCCC2CCl)c(Cl)c1OC. The Labute approximate surface area is 117 Å². The molecule has 100 valence electrons. The van der Waals surface area contributed by atoms with Crippen molar-refractivity contribution in [3.05, 3.63) is 22.7 Å². The van der Waals surface area contributed by atoms with Crippen LogP contribution >= 0.6 is 23.2 Å². The molecule has 1 aliphatic rings. The van der Waals surface area contributed by atoms with Crippen LogP contribution in [0.2, 0.25) is 5.02 Å². The van der Waals surface area contributed by atoms with Gasteiger partial charge in [0.25, 0.3) is 0 Å². The van der Waals surface area contributed by atoms with Gasteiger partial charge in [-0.3, -0.25) is 0 Å². The number of rotatable bonds is 4. The minimum absolute atomic E-state index is 0.0604. The van der Waals surface area contributed by atoms with Crippen molar-refractivity contribution >= 4 is 23.2 Å². The molecule has 0 spiro atoms. The summed E-state index contributed by atoms with van der Waals surface area (Å²) in [6.45, 7) is 0.715. The van der Waals surface area contributed by atoms with E-state index in [0.717, 1.165) is 12.0 Å². The van der Waals surface area contributed by atoms with Gasteiger partial charge in [-0.05, 0) is 12.5 Å². The van der Waals surface area contributed by atoms with Crippen molar-refractivity contribution < 1.29 is 14.2 Å². The fourth-order valence-corrected chi connectivity index (χ4v) is 2.92. The number of hydrogen-bond acceptors (Lipinski definition) is 3. The summed E-state index contributed by atoms with van der Waals surface area (Å²) in [6, 6.07) is 3.76. The van der Waals surface area contributed by atoms with Crippen molar-refractivity contribution in [2.75, 3.05) is 26.7 Å². The van der Waals surface area contributed by atoms with Crippen molar-refractivity contribution in [1.82, 2.24) is 0 Å². The molecule has 2 unspecified atom stereocenters. The zero-order valence-corrected chi connectivity index (χ0v) is 11.9. The zero-order chi connectivity index (χ0) is 13.1. The summed E-state index contributed by atoms with van der Waals surface area (Å²) >= 11 is 12.3. The molecule has 0 N–H and O–H groups in total. The van der Waals surface area contributed by atoms with E-state index in [1.165, 1.54) is 0 Å². The summed E-state index contributed by atoms with van der Waals surface area (Å²) < 4.78 is 16.2. The maximum absolute atomic E-state index is 6.37. The fraction of sp³-hybridized carbons (Fsp3) is 0.538. The largest absolute Gasteiger partial charge is 0.493 e. The second-order valence-electron chi connectivity index (χ2n) is 4.20. The second-order valence-corrected chi connectivity index (χ2v) is 4.89. The molecule has 1 heterocycles. The van der Waals surface area contributed by atoms with Gasteiger partial charge in [-0.15, -0.1) is 11.6 Å². The summed E-state index contributed by atoms with van der Waals surface area (Å²) in [5, 5.41) is 0.541. The smallest absolute Gasteiger partial charge is 0.179 e. The standard InChI is InChI=1S/C13H16Cl2O3/c1-16-10-4-3-9(11(15)13(10)17-2)12-8(7-14)5-6-18-12/h3-4,8,12H,5-7H2,1-2H3. The third kappa shape index (κ3) is 2.40. The Morgan fingerprint density at radius 1 is 1.33 bits per heavy atom. The maximum Gasteiger partial charge on any atom is 0.179 e. The van der Waals surface area contributed by atoms with E-state index in [1.54, 1.807) is 14.2 Å². The van der Waals surface area contributed by atoms with Crippen molar-refractivity contribution in [1.29, 1.82) is 0 Å². The molecule has 1 aromatic rings. The highest BCUT2D eigenvalue weighted by Crippen LogP contribution is 2.44. The van der Waals surface area contributed by atoms with Crippen LogP contribution in [0, 0.1) is 5.92 Å². The topological polar surface area (TPSA) is 27.7 Å². The molecule has 0 radical (unpaired) electrons. The molecule has 0 aromatic heterocycles. The molecule has 1 aliphatic heterocycles. The van der Waals surface area contributed by atoms with Crippen molar-refractivity contribution in [3.63, 3.8) is 0 Å². The minimum atomic E-state index is -0.0604. The monoisotopic (exact) mass is 290 g/mol. The predicted octanol–water partition coefficient (Wildman–Crippen LogP) is 3.67. The first-order chi connectivity index (χ1) is 8.72. The summed E-state index contributed by atoms with van der Waals surface area (Å²) in [7, 11) is 3.16. The highest BCUT2D eigenvalue weighted by Gasteiger charge is 2.31. The van der Waals surface area contributed by atoms with Crippen molar-refractivity contribution in [3.8, 4) is 11.5 Å². The van der Waals surface area contributed by atoms with Gasteiger partial charge in [-0.2, -0.15) is 0 Å². The summed E-state index contributed by atoms with van der Waals surface area (Å²) in [5.41, 5.74) is 0.914. The second kappa shape index (κ2) is 6.00. The molecular weight excluding hydrogens is 275 g/mol. The zero-order valence-electron chi connectivity index (χ0n) is 10.4. The summed E-state index contributed by atoms with van der Waals surface area (Å²) in [4.78, 5) is 0. The van der Waals surface area contributed by atoms with Gasteiger partial charge in [0.1, 0.15) is 0 Å². The molecule has 3 nitrogen and oxygen atoms in total. The Balaban J connectivity index is 2.39. The van der Waals surface area contributed by atoms with Crippen LogP contribution in [0.1, 0.15) is 18.1 Å². The van der Waals surface area contributed by atoms with Crippen LogP contribution in [-0.4, -0.2) is 26.7 Å². The molecule has 1 saturated heterocycles. The number of hydrogen-bond donors (Lipinski definition) is 0. The molecule has 0 amide bonds. The first-order valence-corrected chi connectivity index (χ1v) is 6.72. The lowest BCUT2D eigenvalue weighted by Gasteiger charge is -2.20.